The SMILES string of the molecule is CC(C)c1ccc(N(c2ccc3oc4ccccc4c3c2)c2cc3oc4c(ccc5c4oc4cc(N(c6ccc(C(C)C)cc6)c6ccc7oc8ccccc8c7c6)c6ccccc6c45)c3c3ccccc23)cc1. The first-order chi connectivity index (χ1) is 36.3. The van der Waals surface area contributed by atoms with Gasteiger partial charge in [0, 0.05) is 88.7 Å². The third-order valence-corrected chi connectivity index (χ3v) is 15.4. The summed E-state index contributed by atoms with van der Waals surface area (Å²) in [5, 5.41) is 12.8. The maximum atomic E-state index is 7.20. The number of hydrogen-bond donors (Lipinski definition) is 0. The van der Waals surface area contributed by atoms with Crippen molar-refractivity contribution in [1.29, 1.82) is 0 Å². The third kappa shape index (κ3) is 6.37. The molecule has 0 N–H and O–H groups in total. The van der Waals surface area contributed by atoms with Gasteiger partial charge in [0.1, 0.15) is 33.5 Å². The van der Waals surface area contributed by atoms with Gasteiger partial charge in [0.25, 0.3) is 0 Å². The Morgan fingerprint density at radius 2 is 0.622 bits per heavy atom. The van der Waals surface area contributed by atoms with Crippen LogP contribution in [0.15, 0.2) is 224 Å². The van der Waals surface area contributed by atoms with Crippen LogP contribution in [0, 0.1) is 0 Å². The monoisotopic (exact) mass is 956 g/mol. The molecule has 0 bridgehead atoms. The van der Waals surface area contributed by atoms with Gasteiger partial charge in [-0.2, -0.15) is 0 Å². The molecule has 0 atom stereocenters. The molecule has 0 spiro atoms. The molecule has 0 aliphatic heterocycles. The van der Waals surface area contributed by atoms with Crippen molar-refractivity contribution in [2.75, 3.05) is 9.80 Å². The lowest BCUT2D eigenvalue weighted by Crippen LogP contribution is -2.10. The largest absolute Gasteiger partial charge is 0.456 e. The maximum Gasteiger partial charge on any atom is 0.178 e. The number of anilines is 6. The summed E-state index contributed by atoms with van der Waals surface area (Å²) in [5.41, 5.74) is 15.2. The maximum absolute atomic E-state index is 7.20. The van der Waals surface area contributed by atoms with E-state index in [0.717, 1.165) is 143 Å². The summed E-state index contributed by atoms with van der Waals surface area (Å²) >= 11 is 0. The quantitative estimate of drug-likeness (QED) is 0.151. The summed E-state index contributed by atoms with van der Waals surface area (Å²) in [4.78, 5) is 4.72. The molecule has 11 aromatic carbocycles. The number of nitrogens with zero attached hydrogens (tertiary/aromatic N) is 2. The van der Waals surface area contributed by atoms with E-state index in [9.17, 15) is 0 Å². The minimum atomic E-state index is 0.401. The molecule has 4 aromatic heterocycles. The van der Waals surface area contributed by atoms with Crippen molar-refractivity contribution in [1.82, 2.24) is 0 Å². The average Bonchev–Trinajstić information content (AvgIpc) is 4.26. The summed E-state index contributed by atoms with van der Waals surface area (Å²) in [5.74, 6) is 0.802. The predicted molar refractivity (Wildman–Crippen MR) is 308 cm³/mol. The smallest absolute Gasteiger partial charge is 0.178 e. The van der Waals surface area contributed by atoms with Crippen molar-refractivity contribution < 1.29 is 17.7 Å². The lowest BCUT2D eigenvalue weighted by Gasteiger charge is -2.27. The van der Waals surface area contributed by atoms with Crippen LogP contribution in [0.2, 0.25) is 0 Å². The second kappa shape index (κ2) is 16.1. The van der Waals surface area contributed by atoms with Crippen molar-refractivity contribution in [3.05, 3.63) is 217 Å². The van der Waals surface area contributed by atoms with Crippen LogP contribution in [-0.4, -0.2) is 0 Å². The Hall–Kier alpha value is -9.26. The molecule has 0 saturated heterocycles. The van der Waals surface area contributed by atoms with E-state index < -0.39 is 0 Å². The number of fused-ring (bicyclic) bond motifs is 17. The first-order valence-electron chi connectivity index (χ1n) is 25.6. The van der Waals surface area contributed by atoms with Gasteiger partial charge in [0.05, 0.1) is 11.4 Å². The van der Waals surface area contributed by atoms with E-state index >= 15 is 0 Å². The second-order valence-electron chi connectivity index (χ2n) is 20.4. The van der Waals surface area contributed by atoms with Crippen LogP contribution in [0.5, 0.6) is 0 Å². The highest BCUT2D eigenvalue weighted by Crippen LogP contribution is 2.50. The number of rotatable bonds is 8. The van der Waals surface area contributed by atoms with Gasteiger partial charge in [0.15, 0.2) is 11.2 Å². The fraction of sp³-hybridized carbons (Fsp3) is 0.0882. The van der Waals surface area contributed by atoms with Crippen LogP contribution in [-0.2, 0) is 0 Å². The van der Waals surface area contributed by atoms with Gasteiger partial charge < -0.3 is 27.5 Å². The summed E-state index contributed by atoms with van der Waals surface area (Å²) in [6.07, 6.45) is 0. The lowest BCUT2D eigenvalue weighted by atomic mass is 9.98. The average molecular weight is 957 g/mol. The molecule has 354 valence electrons. The highest BCUT2D eigenvalue weighted by Gasteiger charge is 2.26. The predicted octanol–water partition coefficient (Wildman–Crippen LogP) is 20.8. The van der Waals surface area contributed by atoms with Crippen molar-refractivity contribution in [2.45, 2.75) is 39.5 Å². The zero-order chi connectivity index (χ0) is 49.3. The topological polar surface area (TPSA) is 59.0 Å². The van der Waals surface area contributed by atoms with Crippen molar-refractivity contribution in [2.24, 2.45) is 0 Å². The molecular weight excluding hydrogens is 909 g/mol. The Morgan fingerprint density at radius 1 is 0.270 bits per heavy atom. The number of benzene rings is 11. The van der Waals surface area contributed by atoms with Crippen LogP contribution in [0.25, 0.3) is 109 Å². The molecule has 0 fully saturated rings. The fourth-order valence-electron chi connectivity index (χ4n) is 11.7. The molecule has 74 heavy (non-hydrogen) atoms. The molecule has 0 unspecified atom stereocenters. The summed E-state index contributed by atoms with van der Waals surface area (Å²) in [6.45, 7) is 8.94. The van der Waals surface area contributed by atoms with Crippen LogP contribution in [0.4, 0.5) is 34.1 Å². The Morgan fingerprint density at radius 3 is 1.03 bits per heavy atom. The normalized spacial score (nSPS) is 12.3. The number of hydrogen-bond acceptors (Lipinski definition) is 6. The van der Waals surface area contributed by atoms with E-state index in [1.54, 1.807) is 0 Å². The second-order valence-corrected chi connectivity index (χ2v) is 20.4. The van der Waals surface area contributed by atoms with Crippen molar-refractivity contribution in [3.8, 4) is 0 Å². The van der Waals surface area contributed by atoms with Crippen LogP contribution < -0.4 is 9.80 Å². The molecule has 6 nitrogen and oxygen atoms in total. The van der Waals surface area contributed by atoms with E-state index in [0.29, 0.717) is 11.8 Å². The third-order valence-electron chi connectivity index (χ3n) is 15.4. The molecule has 0 aliphatic rings. The molecule has 4 heterocycles. The molecule has 0 radical (unpaired) electrons. The Kier molecular flexibility index (Phi) is 9.24. The highest BCUT2D eigenvalue weighted by molar-refractivity contribution is 6.30. The van der Waals surface area contributed by atoms with Crippen LogP contribution >= 0.6 is 0 Å². The Labute approximate surface area is 425 Å². The minimum absolute atomic E-state index is 0.401. The standard InChI is InChI=1S/C68H48N2O4/c1-39(2)41-21-25-43(26-22-41)69(45-29-33-61-55(35-45)49-15-9-11-19-59(49)71-61)57-37-63-65(51-17-7-5-13-47(51)57)53-31-32-54-66-52-18-8-6-14-48(52)58(38-64(66)74-68(54)67(53)73-63)70(44-27-23-42(24-28-44)40(3)4)46-30-34-62-56(36-46)50-16-10-12-20-60(50)72-62/h5-40H,1-4H3. The van der Waals surface area contributed by atoms with E-state index in [-0.39, 0.29) is 0 Å². The lowest BCUT2D eigenvalue weighted by molar-refractivity contribution is 0.633. The van der Waals surface area contributed by atoms with Crippen molar-refractivity contribution in [3.63, 3.8) is 0 Å². The van der Waals surface area contributed by atoms with Gasteiger partial charge >= 0.3 is 0 Å². The molecule has 0 aliphatic carbocycles. The highest BCUT2D eigenvalue weighted by atomic mass is 16.4. The number of furan rings is 4. The minimum Gasteiger partial charge on any atom is -0.456 e. The summed E-state index contributed by atoms with van der Waals surface area (Å²) < 4.78 is 27.1. The first-order valence-corrected chi connectivity index (χ1v) is 25.6. The van der Waals surface area contributed by atoms with E-state index in [2.05, 4.69) is 219 Å². The zero-order valence-corrected chi connectivity index (χ0v) is 41.3. The van der Waals surface area contributed by atoms with Crippen molar-refractivity contribution >= 4 is 143 Å². The molecule has 0 saturated carbocycles. The van der Waals surface area contributed by atoms with E-state index in [1.807, 2.05) is 24.3 Å². The van der Waals surface area contributed by atoms with Gasteiger partial charge in [-0.15, -0.1) is 0 Å². The molecule has 15 rings (SSSR count). The van der Waals surface area contributed by atoms with Gasteiger partial charge in [0.2, 0.25) is 0 Å². The number of para-hydroxylation sites is 2. The molecule has 15 aromatic rings. The fourth-order valence-corrected chi connectivity index (χ4v) is 11.7. The Bertz CT molecular complexity index is 4440. The van der Waals surface area contributed by atoms with Gasteiger partial charge in [-0.3, -0.25) is 0 Å². The van der Waals surface area contributed by atoms with Gasteiger partial charge in [-0.1, -0.05) is 137 Å². The van der Waals surface area contributed by atoms with Crippen LogP contribution in [0.3, 0.4) is 0 Å². The zero-order valence-electron chi connectivity index (χ0n) is 41.3. The molecular formula is C68H48N2O4. The van der Waals surface area contributed by atoms with E-state index in [4.69, 9.17) is 17.7 Å². The van der Waals surface area contributed by atoms with Gasteiger partial charge in [-0.05, 0) is 119 Å². The molecule has 0 amide bonds. The van der Waals surface area contributed by atoms with E-state index in [1.165, 1.54) is 11.1 Å². The molecule has 6 heteroatoms. The van der Waals surface area contributed by atoms with Gasteiger partial charge in [-0.25, -0.2) is 0 Å². The summed E-state index contributed by atoms with van der Waals surface area (Å²) in [6, 6.07) is 73.8. The van der Waals surface area contributed by atoms with Crippen LogP contribution in [0.1, 0.15) is 50.7 Å². The summed E-state index contributed by atoms with van der Waals surface area (Å²) in [7, 11) is 0. The first kappa shape index (κ1) is 42.4. The Balaban J connectivity index is 0.957.